The summed E-state index contributed by atoms with van der Waals surface area (Å²) < 4.78 is 1.56. The molecular weight excluding hydrogens is 332 g/mol. The fraction of sp³-hybridized carbons (Fsp3) is 0.500. The zero-order chi connectivity index (χ0) is 17.9. The molecule has 0 fully saturated rings. The summed E-state index contributed by atoms with van der Waals surface area (Å²) in [6.07, 6.45) is 10.2. The Morgan fingerprint density at radius 2 is 1.64 bits per heavy atom. The Kier molecular flexibility index (Phi) is 8.60. The topological polar surface area (TPSA) is 55.1 Å². The lowest BCUT2D eigenvalue weighted by Crippen LogP contribution is -2.20. The molecule has 0 radical (unpaired) electrons. The molecule has 25 heavy (non-hydrogen) atoms. The van der Waals surface area contributed by atoms with E-state index in [-0.39, 0.29) is 11.4 Å². The maximum absolute atomic E-state index is 12.3. The second kappa shape index (κ2) is 11.0. The molecule has 0 amide bonds. The lowest BCUT2D eigenvalue weighted by Gasteiger charge is -2.11. The molecule has 0 bridgehead atoms. The standard InChI is InChI=1S/C20H28N2O2S/c1-2-3-4-5-6-7-8-12-15-25-20-21-18(23)16-19(24)22(20)17-13-10-9-11-14-17/h9-11,13-14,16,23H,2-8,12,15H2,1H3. The van der Waals surface area contributed by atoms with Crippen molar-refractivity contribution in [2.75, 3.05) is 5.75 Å². The summed E-state index contributed by atoms with van der Waals surface area (Å²) in [5.41, 5.74) is 0.524. The Balaban J connectivity index is 1.86. The van der Waals surface area contributed by atoms with Gasteiger partial charge in [0.05, 0.1) is 11.8 Å². The van der Waals surface area contributed by atoms with Gasteiger partial charge in [0.15, 0.2) is 5.16 Å². The van der Waals surface area contributed by atoms with Gasteiger partial charge in [-0.05, 0) is 18.6 Å². The summed E-state index contributed by atoms with van der Waals surface area (Å²) in [6, 6.07) is 10.6. The predicted molar refractivity (Wildman–Crippen MR) is 105 cm³/mol. The molecule has 0 saturated heterocycles. The number of aromatic hydroxyl groups is 1. The molecule has 1 aromatic carbocycles. The molecule has 2 aromatic rings. The van der Waals surface area contributed by atoms with Crippen LogP contribution in [-0.4, -0.2) is 20.4 Å². The van der Waals surface area contributed by atoms with Crippen LogP contribution in [0.4, 0.5) is 0 Å². The van der Waals surface area contributed by atoms with Gasteiger partial charge in [-0.3, -0.25) is 9.36 Å². The van der Waals surface area contributed by atoms with Crippen LogP contribution in [0.15, 0.2) is 46.3 Å². The first-order valence-electron chi connectivity index (χ1n) is 9.23. The molecule has 4 nitrogen and oxygen atoms in total. The highest BCUT2D eigenvalue weighted by Gasteiger charge is 2.10. The third kappa shape index (κ3) is 6.58. The van der Waals surface area contributed by atoms with E-state index in [0.717, 1.165) is 23.9 Å². The lowest BCUT2D eigenvalue weighted by atomic mass is 10.1. The lowest BCUT2D eigenvalue weighted by molar-refractivity contribution is 0.440. The minimum atomic E-state index is -0.253. The van der Waals surface area contributed by atoms with Crippen LogP contribution in [0.5, 0.6) is 5.88 Å². The van der Waals surface area contributed by atoms with Crippen molar-refractivity contribution in [3.63, 3.8) is 0 Å². The fourth-order valence-corrected chi connectivity index (χ4v) is 3.77. The van der Waals surface area contributed by atoms with Crippen molar-refractivity contribution in [1.82, 2.24) is 9.55 Å². The van der Waals surface area contributed by atoms with Gasteiger partial charge in [-0.2, -0.15) is 4.98 Å². The molecule has 0 atom stereocenters. The summed E-state index contributed by atoms with van der Waals surface area (Å²) >= 11 is 1.53. The average molecular weight is 361 g/mol. The Morgan fingerprint density at radius 1 is 1.00 bits per heavy atom. The predicted octanol–water partition coefficient (Wildman–Crippen LogP) is 5.17. The van der Waals surface area contributed by atoms with Crippen molar-refractivity contribution in [1.29, 1.82) is 0 Å². The van der Waals surface area contributed by atoms with Crippen LogP contribution in [0, 0.1) is 0 Å². The summed E-state index contributed by atoms with van der Waals surface area (Å²) in [5.74, 6) is 0.688. The second-order valence-corrected chi connectivity index (χ2v) is 7.29. The molecule has 2 rings (SSSR count). The number of benzene rings is 1. The highest BCUT2D eigenvalue weighted by molar-refractivity contribution is 7.99. The van der Waals surface area contributed by atoms with E-state index < -0.39 is 0 Å². The first-order valence-corrected chi connectivity index (χ1v) is 10.2. The van der Waals surface area contributed by atoms with Crippen molar-refractivity contribution in [2.45, 2.75) is 63.4 Å². The number of para-hydroxylation sites is 1. The molecule has 1 N–H and O–H groups in total. The van der Waals surface area contributed by atoms with Crippen molar-refractivity contribution in [3.05, 3.63) is 46.8 Å². The molecule has 136 valence electrons. The molecule has 5 heteroatoms. The molecule has 0 aliphatic carbocycles. The van der Waals surface area contributed by atoms with E-state index in [0.29, 0.717) is 5.16 Å². The molecule has 0 saturated carbocycles. The van der Waals surface area contributed by atoms with Crippen molar-refractivity contribution >= 4 is 11.8 Å². The maximum atomic E-state index is 12.3. The maximum Gasteiger partial charge on any atom is 0.262 e. The molecule has 1 heterocycles. The van der Waals surface area contributed by atoms with Gasteiger partial charge in [-0.25, -0.2) is 0 Å². The van der Waals surface area contributed by atoms with Crippen molar-refractivity contribution in [3.8, 4) is 11.6 Å². The van der Waals surface area contributed by atoms with E-state index in [9.17, 15) is 9.90 Å². The highest BCUT2D eigenvalue weighted by Crippen LogP contribution is 2.22. The Labute approximate surface area is 154 Å². The van der Waals surface area contributed by atoms with Gasteiger partial charge in [0.25, 0.3) is 5.56 Å². The molecule has 0 aliphatic rings. The normalized spacial score (nSPS) is 10.9. The minimum Gasteiger partial charge on any atom is -0.493 e. The molecule has 0 unspecified atom stereocenters. The number of hydrogen-bond donors (Lipinski definition) is 1. The second-order valence-electron chi connectivity index (χ2n) is 6.23. The monoisotopic (exact) mass is 360 g/mol. The highest BCUT2D eigenvalue weighted by atomic mass is 32.2. The van der Waals surface area contributed by atoms with E-state index in [4.69, 9.17) is 0 Å². The summed E-state index contributed by atoms with van der Waals surface area (Å²) in [6.45, 7) is 2.24. The van der Waals surface area contributed by atoms with Crippen LogP contribution >= 0.6 is 11.8 Å². The largest absolute Gasteiger partial charge is 0.493 e. The minimum absolute atomic E-state index is 0.212. The third-order valence-corrected chi connectivity index (χ3v) is 5.14. The van der Waals surface area contributed by atoms with Gasteiger partial charge < -0.3 is 5.11 Å². The number of nitrogens with zero attached hydrogens (tertiary/aromatic N) is 2. The Morgan fingerprint density at radius 3 is 2.32 bits per heavy atom. The van der Waals surface area contributed by atoms with Gasteiger partial charge in [0, 0.05) is 5.75 Å². The van der Waals surface area contributed by atoms with E-state index in [1.165, 1.54) is 56.7 Å². The van der Waals surface area contributed by atoms with E-state index >= 15 is 0 Å². The molecule has 0 aliphatic heterocycles. The zero-order valence-electron chi connectivity index (χ0n) is 15.0. The molecule has 1 aromatic heterocycles. The van der Waals surface area contributed by atoms with E-state index in [1.807, 2.05) is 30.3 Å². The fourth-order valence-electron chi connectivity index (χ4n) is 2.76. The number of unbranched alkanes of at least 4 members (excludes halogenated alkanes) is 7. The first kappa shape index (κ1) is 19.6. The van der Waals surface area contributed by atoms with Crippen LogP contribution < -0.4 is 5.56 Å². The number of rotatable bonds is 11. The van der Waals surface area contributed by atoms with Crippen LogP contribution in [0.25, 0.3) is 5.69 Å². The van der Waals surface area contributed by atoms with Crippen molar-refractivity contribution < 1.29 is 5.11 Å². The van der Waals surface area contributed by atoms with Gasteiger partial charge in [-0.1, -0.05) is 81.8 Å². The van der Waals surface area contributed by atoms with Crippen LogP contribution in [0.3, 0.4) is 0 Å². The Bertz CT molecular complexity index is 686. The molecule has 0 spiro atoms. The average Bonchev–Trinajstić information content (AvgIpc) is 2.60. The third-order valence-electron chi connectivity index (χ3n) is 4.12. The quantitative estimate of drug-likeness (QED) is 0.341. The zero-order valence-corrected chi connectivity index (χ0v) is 15.8. The van der Waals surface area contributed by atoms with Crippen LogP contribution in [-0.2, 0) is 0 Å². The van der Waals surface area contributed by atoms with Gasteiger partial charge in [-0.15, -0.1) is 0 Å². The number of hydrogen-bond acceptors (Lipinski definition) is 4. The SMILES string of the molecule is CCCCCCCCCCSc1nc(O)cc(=O)n1-c1ccccc1. The van der Waals surface area contributed by atoms with E-state index in [2.05, 4.69) is 11.9 Å². The van der Waals surface area contributed by atoms with Gasteiger partial charge in [0.1, 0.15) is 0 Å². The van der Waals surface area contributed by atoms with Crippen molar-refractivity contribution in [2.24, 2.45) is 0 Å². The first-order chi connectivity index (χ1) is 12.2. The molecular formula is C20H28N2O2S. The summed E-state index contributed by atoms with van der Waals surface area (Å²) in [4.78, 5) is 16.4. The summed E-state index contributed by atoms with van der Waals surface area (Å²) in [7, 11) is 0. The smallest absolute Gasteiger partial charge is 0.262 e. The van der Waals surface area contributed by atoms with Gasteiger partial charge in [0.2, 0.25) is 5.88 Å². The number of thioether (sulfide) groups is 1. The van der Waals surface area contributed by atoms with Crippen LogP contribution in [0.2, 0.25) is 0 Å². The van der Waals surface area contributed by atoms with Crippen LogP contribution in [0.1, 0.15) is 58.3 Å². The Hall–Kier alpha value is -1.75. The van der Waals surface area contributed by atoms with Gasteiger partial charge >= 0.3 is 0 Å². The van der Waals surface area contributed by atoms with E-state index in [1.54, 1.807) is 4.57 Å². The summed E-state index contributed by atoms with van der Waals surface area (Å²) in [5, 5.41) is 10.2. The number of aromatic nitrogens is 2.